The van der Waals surface area contributed by atoms with Gasteiger partial charge in [0.15, 0.2) is 0 Å². The second kappa shape index (κ2) is 11.1. The molecule has 0 amide bonds. The van der Waals surface area contributed by atoms with Crippen LogP contribution in [0.25, 0.3) is 0 Å². The Morgan fingerprint density at radius 2 is 1.98 bits per heavy atom. The molecule has 2 fully saturated rings. The maximum atomic E-state index is 14.3. The van der Waals surface area contributed by atoms with Gasteiger partial charge in [-0.05, 0) is 101 Å². The molecule has 2 aliphatic carbocycles. The third-order valence-electron chi connectivity index (χ3n) is 10.2. The minimum Gasteiger partial charge on any atom is -0.480 e. The molecule has 220 valence electrons. The molecule has 3 aliphatic rings. The first-order valence-corrected chi connectivity index (χ1v) is 15.0. The van der Waals surface area contributed by atoms with Gasteiger partial charge in [0.1, 0.15) is 11.9 Å². The van der Waals surface area contributed by atoms with Crippen molar-refractivity contribution in [2.45, 2.75) is 96.2 Å². The molecule has 0 radical (unpaired) electrons. The molecule has 1 aromatic heterocycles. The molecule has 1 saturated carbocycles. The lowest BCUT2D eigenvalue weighted by atomic mass is 9.75. The molecule has 1 aliphatic heterocycles. The van der Waals surface area contributed by atoms with E-state index in [0.717, 1.165) is 76.1 Å². The first-order chi connectivity index (χ1) is 19.0. The van der Waals surface area contributed by atoms with E-state index in [4.69, 9.17) is 9.84 Å². The summed E-state index contributed by atoms with van der Waals surface area (Å²) in [5.41, 5.74) is 3.53. The zero-order chi connectivity index (χ0) is 28.8. The maximum Gasteiger partial charge on any atom is 0.321 e. The summed E-state index contributed by atoms with van der Waals surface area (Å²) in [5, 5.41) is 14.8. The lowest BCUT2D eigenvalue weighted by Crippen LogP contribution is -2.51. The summed E-state index contributed by atoms with van der Waals surface area (Å²) in [5.74, 6) is 0.368. The predicted molar refractivity (Wildman–Crippen MR) is 154 cm³/mol. The van der Waals surface area contributed by atoms with Crippen LogP contribution in [0.15, 0.2) is 24.3 Å². The van der Waals surface area contributed by atoms with Crippen molar-refractivity contribution in [3.05, 3.63) is 46.9 Å². The fraction of sp³-hybridized carbons (Fsp3) is 0.688. The smallest absolute Gasteiger partial charge is 0.321 e. The molecule has 8 heteroatoms. The molecular weight excluding hydrogens is 507 g/mol. The summed E-state index contributed by atoms with van der Waals surface area (Å²) >= 11 is 0. The minimum absolute atomic E-state index is 0.137. The Kier molecular flexibility index (Phi) is 8.05. The maximum absolute atomic E-state index is 14.3. The molecule has 0 bridgehead atoms. The molecule has 40 heavy (non-hydrogen) atoms. The van der Waals surface area contributed by atoms with Gasteiger partial charge in [0.2, 0.25) is 5.88 Å². The number of aliphatic carboxylic acids is 1. The Bertz CT molecular complexity index is 1210. The SMILES string of the molecule is CCn1nc(OC)c2c1C1(CC2)CCN(C[C@H]2C[C@H](N(C)[C@@H](C(=O)O)C(C)(C)C)C[C@@H]2c2cccc(F)c2)CC1. The highest BCUT2D eigenvalue weighted by atomic mass is 19.1. The monoisotopic (exact) mass is 554 g/mol. The van der Waals surface area contributed by atoms with Crippen molar-refractivity contribution in [1.82, 2.24) is 19.6 Å². The molecule has 4 atom stereocenters. The number of carbonyl (C=O) groups is 1. The number of carboxylic acids is 1. The number of hydrogen-bond donors (Lipinski definition) is 1. The number of aryl methyl sites for hydroxylation is 1. The van der Waals surface area contributed by atoms with Crippen molar-refractivity contribution in [2.75, 3.05) is 33.8 Å². The summed E-state index contributed by atoms with van der Waals surface area (Å²) in [6.07, 6.45) is 6.19. The largest absolute Gasteiger partial charge is 0.480 e. The van der Waals surface area contributed by atoms with E-state index in [1.807, 2.05) is 40.0 Å². The van der Waals surface area contributed by atoms with Gasteiger partial charge in [0.25, 0.3) is 0 Å². The van der Waals surface area contributed by atoms with Crippen molar-refractivity contribution >= 4 is 5.97 Å². The summed E-state index contributed by atoms with van der Waals surface area (Å²) in [7, 11) is 3.69. The van der Waals surface area contributed by atoms with Gasteiger partial charge in [-0.25, -0.2) is 4.39 Å². The fourth-order valence-corrected chi connectivity index (χ4v) is 8.30. The number of ether oxygens (including phenoxy) is 1. The lowest BCUT2D eigenvalue weighted by molar-refractivity contribution is -0.148. The highest BCUT2D eigenvalue weighted by Gasteiger charge is 2.48. The number of piperidine rings is 1. The average molecular weight is 555 g/mol. The van der Waals surface area contributed by atoms with Crippen LogP contribution in [0.3, 0.4) is 0 Å². The standard InChI is InChI=1S/C32H47FN4O3/c1-7-37-27-25(29(34-37)40-6)11-12-32(27)13-15-36(16-14-32)20-22-18-24(35(5)28(30(38)39)31(2,3)4)19-26(22)21-9-8-10-23(33)17-21/h8-10,17,22,24,26,28H,7,11-16,18-20H2,1-6H3,(H,38,39)/t22-,24+,26-,28+/m1/s1. The minimum atomic E-state index is -0.777. The van der Waals surface area contributed by atoms with E-state index in [1.165, 1.54) is 17.3 Å². The summed E-state index contributed by atoms with van der Waals surface area (Å²) in [4.78, 5) is 17.0. The van der Waals surface area contributed by atoms with E-state index >= 15 is 0 Å². The number of nitrogens with zero attached hydrogens (tertiary/aromatic N) is 4. The molecule has 0 unspecified atom stereocenters. The third kappa shape index (κ3) is 5.29. The quantitative estimate of drug-likeness (QED) is 0.476. The number of likely N-dealkylation sites (N-methyl/N-ethyl adjacent to an activating group) is 1. The summed E-state index contributed by atoms with van der Waals surface area (Å²) < 4.78 is 22.1. The van der Waals surface area contributed by atoms with Gasteiger partial charge in [-0.3, -0.25) is 14.4 Å². The summed E-state index contributed by atoms with van der Waals surface area (Å²) in [6.45, 7) is 12.0. The summed E-state index contributed by atoms with van der Waals surface area (Å²) in [6, 6.07) is 6.61. The Morgan fingerprint density at radius 3 is 2.58 bits per heavy atom. The number of likely N-dealkylation sites (tertiary alicyclic amines) is 1. The van der Waals surface area contributed by atoms with Gasteiger partial charge < -0.3 is 14.7 Å². The van der Waals surface area contributed by atoms with E-state index in [9.17, 15) is 14.3 Å². The molecule has 1 N–H and O–H groups in total. The van der Waals surface area contributed by atoms with Crippen molar-refractivity contribution in [1.29, 1.82) is 0 Å². The normalized spacial score (nSPS) is 25.4. The van der Waals surface area contributed by atoms with Crippen LogP contribution in [0.1, 0.15) is 82.5 Å². The zero-order valence-electron chi connectivity index (χ0n) is 25.1. The van der Waals surface area contributed by atoms with E-state index in [1.54, 1.807) is 13.2 Å². The Morgan fingerprint density at radius 1 is 1.25 bits per heavy atom. The van der Waals surface area contributed by atoms with Crippen LogP contribution in [0.4, 0.5) is 4.39 Å². The second-order valence-corrected chi connectivity index (χ2v) is 13.6. The highest BCUT2D eigenvalue weighted by molar-refractivity contribution is 5.74. The predicted octanol–water partition coefficient (Wildman–Crippen LogP) is 5.32. The number of halogens is 1. The molecule has 1 spiro atoms. The lowest BCUT2D eigenvalue weighted by Gasteiger charge is -2.41. The molecule has 5 rings (SSSR count). The van der Waals surface area contributed by atoms with Crippen LogP contribution < -0.4 is 4.74 Å². The first kappa shape index (κ1) is 29.1. The van der Waals surface area contributed by atoms with Gasteiger partial charge in [-0.15, -0.1) is 5.10 Å². The van der Waals surface area contributed by atoms with Gasteiger partial charge in [-0.1, -0.05) is 32.9 Å². The van der Waals surface area contributed by atoms with E-state index in [0.29, 0.717) is 5.92 Å². The van der Waals surface area contributed by atoms with Crippen LogP contribution >= 0.6 is 0 Å². The fourth-order valence-electron chi connectivity index (χ4n) is 8.30. The number of rotatable bonds is 8. The number of benzene rings is 1. The number of methoxy groups -OCH3 is 1. The number of fused-ring (bicyclic) bond motifs is 2. The van der Waals surface area contributed by atoms with Gasteiger partial charge in [0.05, 0.1) is 12.8 Å². The van der Waals surface area contributed by atoms with Crippen molar-refractivity contribution in [3.8, 4) is 5.88 Å². The van der Waals surface area contributed by atoms with Crippen LogP contribution in [0.2, 0.25) is 0 Å². The van der Waals surface area contributed by atoms with E-state index in [2.05, 4.69) is 21.4 Å². The highest BCUT2D eigenvalue weighted by Crippen LogP contribution is 2.50. The van der Waals surface area contributed by atoms with E-state index < -0.39 is 12.0 Å². The first-order valence-electron chi connectivity index (χ1n) is 15.0. The van der Waals surface area contributed by atoms with Crippen LogP contribution in [0.5, 0.6) is 5.88 Å². The van der Waals surface area contributed by atoms with Crippen molar-refractivity contribution < 1.29 is 19.0 Å². The molecular formula is C32H47FN4O3. The van der Waals surface area contributed by atoms with Crippen molar-refractivity contribution in [3.63, 3.8) is 0 Å². The van der Waals surface area contributed by atoms with Gasteiger partial charge >= 0.3 is 5.97 Å². The molecule has 7 nitrogen and oxygen atoms in total. The van der Waals surface area contributed by atoms with Crippen LogP contribution in [-0.4, -0.2) is 76.5 Å². The Hall–Kier alpha value is -2.45. The van der Waals surface area contributed by atoms with Crippen molar-refractivity contribution in [2.24, 2.45) is 11.3 Å². The Labute approximate surface area is 238 Å². The van der Waals surface area contributed by atoms with Gasteiger partial charge in [0, 0.05) is 30.1 Å². The zero-order valence-corrected chi connectivity index (χ0v) is 25.1. The third-order valence-corrected chi connectivity index (χ3v) is 10.2. The number of aromatic nitrogens is 2. The Balaban J connectivity index is 1.33. The molecule has 1 saturated heterocycles. The molecule has 1 aromatic carbocycles. The topological polar surface area (TPSA) is 70.8 Å². The van der Waals surface area contributed by atoms with E-state index in [-0.39, 0.29) is 28.6 Å². The second-order valence-electron chi connectivity index (χ2n) is 13.6. The molecule has 2 heterocycles. The number of carboxylic acid groups (broad SMARTS) is 1. The van der Waals surface area contributed by atoms with Crippen LogP contribution in [-0.2, 0) is 23.2 Å². The molecule has 2 aromatic rings. The average Bonchev–Trinajstić information content (AvgIpc) is 3.58. The number of hydrogen-bond acceptors (Lipinski definition) is 5. The van der Waals surface area contributed by atoms with Gasteiger partial charge in [-0.2, -0.15) is 0 Å². The van der Waals surface area contributed by atoms with Crippen LogP contribution in [0, 0.1) is 17.2 Å².